The summed E-state index contributed by atoms with van der Waals surface area (Å²) in [6.07, 6.45) is 96.1. The fourth-order valence-corrected chi connectivity index (χ4v) is 9.15. The minimum absolute atomic E-state index is 0.0886. The second-order valence-corrected chi connectivity index (χ2v) is 22.0. The summed E-state index contributed by atoms with van der Waals surface area (Å²) in [4.78, 5) is 38.4. The minimum Gasteiger partial charge on any atom is -0.462 e. The number of rotatable bonds is 60. The standard InChI is InChI=1S/C75H124O6/c1-4-7-10-13-16-19-22-25-27-29-31-33-34-35-36-37-38-39-40-42-43-45-47-50-53-56-59-62-65-68-74(77)80-71-72(70-79-73(76)67-64-61-58-55-52-49-24-21-18-15-12-9-6-3)81-75(78)69-66-63-60-57-54-51-48-46-44-41-32-30-28-26-23-20-17-14-11-8-5-2/h7-8,10-12,15-17,19-21,24-28,31-33,35-36,41,72H,4-6,9,13-14,18,22-23,29-30,34,37-40,42-71H2,1-3H3/b10-7-,11-8-,15-12-,19-16-,20-17-,24-21-,27-25-,28-26-,33-31-,36-35-,41-32-. The average molecular weight is 1120 g/mol. The highest BCUT2D eigenvalue weighted by Crippen LogP contribution is 2.16. The van der Waals surface area contributed by atoms with Gasteiger partial charge in [-0.05, 0) is 128 Å². The van der Waals surface area contributed by atoms with Crippen molar-refractivity contribution in [3.05, 3.63) is 134 Å². The molecule has 0 heterocycles. The van der Waals surface area contributed by atoms with Crippen LogP contribution in [0, 0.1) is 0 Å². The summed E-state index contributed by atoms with van der Waals surface area (Å²) < 4.78 is 16.9. The van der Waals surface area contributed by atoms with Crippen LogP contribution in [0.3, 0.4) is 0 Å². The van der Waals surface area contributed by atoms with Crippen molar-refractivity contribution in [3.8, 4) is 0 Å². The van der Waals surface area contributed by atoms with Gasteiger partial charge in [-0.2, -0.15) is 0 Å². The molecule has 0 aliphatic heterocycles. The third kappa shape index (κ3) is 66.2. The number of unbranched alkanes of at least 4 members (excludes halogenated alkanes) is 27. The first-order valence-electron chi connectivity index (χ1n) is 33.7. The summed E-state index contributed by atoms with van der Waals surface area (Å²) in [5, 5.41) is 0. The van der Waals surface area contributed by atoms with Gasteiger partial charge in [0.2, 0.25) is 0 Å². The molecule has 1 atom stereocenters. The van der Waals surface area contributed by atoms with E-state index in [9.17, 15) is 14.4 Å². The van der Waals surface area contributed by atoms with E-state index in [2.05, 4.69) is 154 Å². The summed E-state index contributed by atoms with van der Waals surface area (Å²) in [6, 6.07) is 0. The number of hydrogen-bond acceptors (Lipinski definition) is 6. The lowest BCUT2D eigenvalue weighted by Crippen LogP contribution is -2.30. The molecular formula is C75H124O6. The van der Waals surface area contributed by atoms with Crippen LogP contribution in [0.5, 0.6) is 0 Å². The van der Waals surface area contributed by atoms with Gasteiger partial charge < -0.3 is 14.2 Å². The quantitative estimate of drug-likeness (QED) is 0.0261. The SMILES string of the molecule is CC/C=C\C/C=C\C/C=C\C/C=C\C/C=C\CCCCCCCCCCCCCCCC(=O)OCC(COC(=O)CCCCCCC/C=C\C/C=C\CCC)OC(=O)CCCCCCCCCC/C=C\C/C=C\C/C=C\C/C=C\CC. The Bertz CT molecular complexity index is 1720. The Hall–Kier alpha value is -4.45. The van der Waals surface area contributed by atoms with Crippen LogP contribution in [0.1, 0.15) is 303 Å². The van der Waals surface area contributed by atoms with Gasteiger partial charge in [0.05, 0.1) is 0 Å². The molecule has 0 aliphatic carbocycles. The van der Waals surface area contributed by atoms with Crippen molar-refractivity contribution in [2.24, 2.45) is 0 Å². The van der Waals surface area contributed by atoms with Gasteiger partial charge in [-0.25, -0.2) is 0 Å². The largest absolute Gasteiger partial charge is 0.462 e. The lowest BCUT2D eigenvalue weighted by Gasteiger charge is -2.18. The Morgan fingerprint density at radius 1 is 0.259 bits per heavy atom. The fraction of sp³-hybridized carbons (Fsp3) is 0.667. The Labute approximate surface area is 500 Å². The molecule has 0 saturated heterocycles. The summed E-state index contributed by atoms with van der Waals surface area (Å²) in [5.74, 6) is -0.907. The molecule has 0 saturated carbocycles. The van der Waals surface area contributed by atoms with E-state index in [0.717, 1.165) is 154 Å². The fourth-order valence-electron chi connectivity index (χ4n) is 9.15. The van der Waals surface area contributed by atoms with Crippen LogP contribution in [-0.2, 0) is 28.6 Å². The molecule has 0 radical (unpaired) electrons. The smallest absolute Gasteiger partial charge is 0.306 e. The average Bonchev–Trinajstić information content (AvgIpc) is 3.46. The molecule has 0 rings (SSSR count). The Morgan fingerprint density at radius 2 is 0.481 bits per heavy atom. The van der Waals surface area contributed by atoms with Crippen LogP contribution in [0.15, 0.2) is 134 Å². The van der Waals surface area contributed by atoms with Gasteiger partial charge >= 0.3 is 17.9 Å². The number of hydrogen-bond donors (Lipinski definition) is 0. The molecule has 1 unspecified atom stereocenters. The topological polar surface area (TPSA) is 78.9 Å². The molecule has 0 N–H and O–H groups in total. The van der Waals surface area contributed by atoms with Crippen molar-refractivity contribution in [2.75, 3.05) is 13.2 Å². The molecule has 0 spiro atoms. The molecule has 81 heavy (non-hydrogen) atoms. The van der Waals surface area contributed by atoms with E-state index in [4.69, 9.17) is 14.2 Å². The van der Waals surface area contributed by atoms with E-state index >= 15 is 0 Å². The molecule has 6 heteroatoms. The van der Waals surface area contributed by atoms with E-state index in [1.807, 2.05) is 0 Å². The third-order valence-electron chi connectivity index (χ3n) is 14.1. The summed E-state index contributed by atoms with van der Waals surface area (Å²) >= 11 is 0. The first kappa shape index (κ1) is 76.5. The highest BCUT2D eigenvalue weighted by Gasteiger charge is 2.19. The molecule has 6 nitrogen and oxygen atoms in total. The molecule has 0 bridgehead atoms. The van der Waals surface area contributed by atoms with Gasteiger partial charge in [-0.1, -0.05) is 289 Å². The van der Waals surface area contributed by atoms with Crippen LogP contribution in [0.4, 0.5) is 0 Å². The zero-order valence-electron chi connectivity index (χ0n) is 52.8. The van der Waals surface area contributed by atoms with Crippen LogP contribution >= 0.6 is 0 Å². The van der Waals surface area contributed by atoms with Gasteiger partial charge in [0.25, 0.3) is 0 Å². The van der Waals surface area contributed by atoms with E-state index in [-0.39, 0.29) is 31.1 Å². The lowest BCUT2D eigenvalue weighted by atomic mass is 10.0. The molecule has 460 valence electrons. The second kappa shape index (κ2) is 68.1. The summed E-state index contributed by atoms with van der Waals surface area (Å²) in [7, 11) is 0. The predicted octanol–water partition coefficient (Wildman–Crippen LogP) is 23.3. The zero-order valence-corrected chi connectivity index (χ0v) is 52.8. The van der Waals surface area contributed by atoms with Crippen LogP contribution in [-0.4, -0.2) is 37.2 Å². The molecule has 0 aromatic carbocycles. The number of carbonyl (C=O) groups excluding carboxylic acids is 3. The van der Waals surface area contributed by atoms with Crippen molar-refractivity contribution in [1.82, 2.24) is 0 Å². The van der Waals surface area contributed by atoms with E-state index in [1.54, 1.807) is 0 Å². The lowest BCUT2D eigenvalue weighted by molar-refractivity contribution is -0.167. The van der Waals surface area contributed by atoms with E-state index < -0.39 is 6.10 Å². The predicted molar refractivity (Wildman–Crippen MR) is 353 cm³/mol. The molecule has 0 aromatic rings. The minimum atomic E-state index is -0.794. The van der Waals surface area contributed by atoms with Crippen LogP contribution < -0.4 is 0 Å². The molecular weight excluding hydrogens is 997 g/mol. The molecule has 0 aromatic heterocycles. The van der Waals surface area contributed by atoms with Crippen LogP contribution in [0.2, 0.25) is 0 Å². The zero-order chi connectivity index (χ0) is 58.5. The van der Waals surface area contributed by atoms with Crippen molar-refractivity contribution >= 4 is 17.9 Å². The maximum absolute atomic E-state index is 12.9. The van der Waals surface area contributed by atoms with E-state index in [0.29, 0.717) is 19.3 Å². The number of carbonyl (C=O) groups is 3. The normalized spacial score (nSPS) is 13.0. The monoisotopic (exact) mass is 1120 g/mol. The van der Waals surface area contributed by atoms with Crippen molar-refractivity contribution in [3.63, 3.8) is 0 Å². The molecule has 0 aliphatic rings. The highest BCUT2D eigenvalue weighted by atomic mass is 16.6. The van der Waals surface area contributed by atoms with Crippen molar-refractivity contribution in [1.29, 1.82) is 0 Å². The Balaban J connectivity index is 4.30. The second-order valence-electron chi connectivity index (χ2n) is 22.0. The maximum Gasteiger partial charge on any atom is 0.306 e. The summed E-state index contributed by atoms with van der Waals surface area (Å²) in [5.41, 5.74) is 0. The number of ether oxygens (including phenoxy) is 3. The maximum atomic E-state index is 12.9. The van der Waals surface area contributed by atoms with Gasteiger partial charge in [-0.15, -0.1) is 0 Å². The Morgan fingerprint density at radius 3 is 0.753 bits per heavy atom. The van der Waals surface area contributed by atoms with Crippen molar-refractivity contribution in [2.45, 2.75) is 309 Å². The first-order chi connectivity index (χ1) is 40.0. The Kier molecular flexibility index (Phi) is 64.3. The van der Waals surface area contributed by atoms with Gasteiger partial charge in [0.1, 0.15) is 13.2 Å². The highest BCUT2D eigenvalue weighted by molar-refractivity contribution is 5.71. The van der Waals surface area contributed by atoms with Crippen LogP contribution in [0.25, 0.3) is 0 Å². The van der Waals surface area contributed by atoms with Gasteiger partial charge in [0, 0.05) is 19.3 Å². The molecule has 0 fully saturated rings. The first-order valence-corrected chi connectivity index (χ1v) is 33.7. The van der Waals surface area contributed by atoms with Crippen molar-refractivity contribution < 1.29 is 28.6 Å². The number of esters is 3. The summed E-state index contributed by atoms with van der Waals surface area (Å²) in [6.45, 7) is 6.35. The van der Waals surface area contributed by atoms with Gasteiger partial charge in [-0.3, -0.25) is 14.4 Å². The van der Waals surface area contributed by atoms with E-state index in [1.165, 1.54) is 109 Å². The number of allylic oxidation sites excluding steroid dienone is 22. The third-order valence-corrected chi connectivity index (χ3v) is 14.1. The van der Waals surface area contributed by atoms with Gasteiger partial charge in [0.15, 0.2) is 6.10 Å². The molecule has 0 amide bonds.